The Hall–Kier alpha value is -1.20. The Labute approximate surface area is 117 Å². The van der Waals surface area contributed by atoms with Crippen LogP contribution in [0.5, 0.6) is 5.88 Å². The fraction of sp³-hybridized carbons (Fsp3) is 0.571. The number of rotatable bonds is 3. The molecule has 2 aromatic rings. The van der Waals surface area contributed by atoms with Crippen molar-refractivity contribution in [2.24, 2.45) is 5.73 Å². The summed E-state index contributed by atoms with van der Waals surface area (Å²) < 4.78 is 5.93. The first-order valence-electron chi connectivity index (χ1n) is 6.71. The van der Waals surface area contributed by atoms with Gasteiger partial charge < -0.3 is 10.5 Å². The third kappa shape index (κ3) is 2.32. The Morgan fingerprint density at radius 3 is 2.79 bits per heavy atom. The Morgan fingerprint density at radius 1 is 1.32 bits per heavy atom. The van der Waals surface area contributed by atoms with Crippen LogP contribution in [0, 0.1) is 13.8 Å². The Morgan fingerprint density at radius 2 is 2.05 bits per heavy atom. The van der Waals surface area contributed by atoms with E-state index in [2.05, 4.69) is 23.8 Å². The summed E-state index contributed by atoms with van der Waals surface area (Å²) >= 11 is 1.69. The zero-order valence-electron chi connectivity index (χ0n) is 11.4. The fourth-order valence-corrected chi connectivity index (χ4v) is 3.68. The first-order chi connectivity index (χ1) is 9.09. The molecule has 2 N–H and O–H groups in total. The maximum Gasteiger partial charge on any atom is 0.225 e. The van der Waals surface area contributed by atoms with Crippen molar-refractivity contribution >= 4 is 21.6 Å². The molecule has 0 atom stereocenters. The van der Waals surface area contributed by atoms with E-state index < -0.39 is 0 Å². The summed E-state index contributed by atoms with van der Waals surface area (Å²) in [4.78, 5) is 10.9. The average molecular weight is 277 g/mol. The molecule has 0 aromatic carbocycles. The molecule has 0 spiro atoms. The van der Waals surface area contributed by atoms with Gasteiger partial charge in [0.2, 0.25) is 5.88 Å². The molecule has 3 rings (SSSR count). The SMILES string of the molecule is Cc1sc2ncnc(OCC3(N)CCCC3)c2c1C. The molecule has 0 unspecified atom stereocenters. The van der Waals surface area contributed by atoms with Gasteiger partial charge in [-0.25, -0.2) is 9.97 Å². The van der Waals surface area contributed by atoms with Crippen molar-refractivity contribution in [3.8, 4) is 5.88 Å². The van der Waals surface area contributed by atoms with E-state index in [0.29, 0.717) is 12.5 Å². The lowest BCUT2D eigenvalue weighted by Gasteiger charge is -2.23. The molecule has 1 fully saturated rings. The minimum absolute atomic E-state index is 0.170. The van der Waals surface area contributed by atoms with Gasteiger partial charge in [0.25, 0.3) is 0 Å². The van der Waals surface area contributed by atoms with Gasteiger partial charge in [0.1, 0.15) is 17.8 Å². The van der Waals surface area contributed by atoms with E-state index in [1.165, 1.54) is 23.3 Å². The van der Waals surface area contributed by atoms with Crippen molar-refractivity contribution in [2.75, 3.05) is 6.61 Å². The van der Waals surface area contributed by atoms with Crippen LogP contribution in [0.3, 0.4) is 0 Å². The molecule has 0 amide bonds. The fourth-order valence-electron chi connectivity index (χ4n) is 2.70. The Balaban J connectivity index is 1.88. The molecular formula is C14H19N3OS. The van der Waals surface area contributed by atoms with Gasteiger partial charge in [0.05, 0.1) is 10.9 Å². The molecule has 5 heteroatoms. The Kier molecular flexibility index (Phi) is 3.19. The molecule has 1 aliphatic rings. The predicted octanol–water partition coefficient (Wildman–Crippen LogP) is 2.96. The van der Waals surface area contributed by atoms with Crippen molar-refractivity contribution < 1.29 is 4.74 Å². The maximum atomic E-state index is 6.33. The van der Waals surface area contributed by atoms with E-state index in [9.17, 15) is 0 Å². The van der Waals surface area contributed by atoms with Crippen LogP contribution in [0.1, 0.15) is 36.1 Å². The molecule has 0 aliphatic heterocycles. The van der Waals surface area contributed by atoms with Crippen LogP contribution < -0.4 is 10.5 Å². The number of hydrogen-bond acceptors (Lipinski definition) is 5. The van der Waals surface area contributed by atoms with E-state index in [1.807, 2.05) is 0 Å². The summed E-state index contributed by atoms with van der Waals surface area (Å²) in [6.45, 7) is 4.75. The zero-order valence-corrected chi connectivity index (χ0v) is 12.2. The highest BCUT2D eigenvalue weighted by atomic mass is 32.1. The Bertz CT molecular complexity index is 602. The average Bonchev–Trinajstić information content (AvgIpc) is 2.94. The zero-order chi connectivity index (χ0) is 13.5. The van der Waals surface area contributed by atoms with Gasteiger partial charge in [-0.05, 0) is 32.3 Å². The minimum Gasteiger partial charge on any atom is -0.475 e. The summed E-state index contributed by atoms with van der Waals surface area (Å²) in [5.41, 5.74) is 7.37. The quantitative estimate of drug-likeness (QED) is 0.937. The van der Waals surface area contributed by atoms with E-state index in [1.54, 1.807) is 17.7 Å². The second kappa shape index (κ2) is 4.72. The van der Waals surface area contributed by atoms with Gasteiger partial charge in [-0.3, -0.25) is 0 Å². The van der Waals surface area contributed by atoms with Crippen LogP contribution in [0.15, 0.2) is 6.33 Å². The molecule has 0 saturated heterocycles. The maximum absolute atomic E-state index is 6.33. The van der Waals surface area contributed by atoms with Gasteiger partial charge in [-0.2, -0.15) is 0 Å². The molecule has 1 aliphatic carbocycles. The van der Waals surface area contributed by atoms with Crippen LogP contribution in [0.25, 0.3) is 10.2 Å². The van der Waals surface area contributed by atoms with E-state index in [-0.39, 0.29) is 5.54 Å². The van der Waals surface area contributed by atoms with Crippen molar-refractivity contribution in [3.63, 3.8) is 0 Å². The monoisotopic (exact) mass is 277 g/mol. The lowest BCUT2D eigenvalue weighted by molar-refractivity contribution is 0.215. The molecule has 0 bridgehead atoms. The lowest BCUT2D eigenvalue weighted by atomic mass is 10.0. The number of aromatic nitrogens is 2. The molecular weight excluding hydrogens is 258 g/mol. The van der Waals surface area contributed by atoms with Gasteiger partial charge in [-0.1, -0.05) is 12.8 Å². The number of thiophene rings is 1. The smallest absolute Gasteiger partial charge is 0.225 e. The third-order valence-corrected chi connectivity index (χ3v) is 5.14. The summed E-state index contributed by atoms with van der Waals surface area (Å²) in [6, 6.07) is 0. The van der Waals surface area contributed by atoms with Crippen molar-refractivity contribution in [3.05, 3.63) is 16.8 Å². The first-order valence-corrected chi connectivity index (χ1v) is 7.53. The molecule has 102 valence electrons. The summed E-state index contributed by atoms with van der Waals surface area (Å²) in [5, 5.41) is 1.05. The van der Waals surface area contributed by atoms with Crippen molar-refractivity contribution in [1.29, 1.82) is 0 Å². The topological polar surface area (TPSA) is 61.0 Å². The molecule has 2 aromatic heterocycles. The summed E-state index contributed by atoms with van der Waals surface area (Å²) in [7, 11) is 0. The molecule has 0 radical (unpaired) electrons. The van der Waals surface area contributed by atoms with Gasteiger partial charge in [-0.15, -0.1) is 11.3 Å². The third-order valence-electron chi connectivity index (χ3n) is 4.03. The van der Waals surface area contributed by atoms with E-state index in [0.717, 1.165) is 23.1 Å². The van der Waals surface area contributed by atoms with Crippen LogP contribution in [-0.2, 0) is 0 Å². The predicted molar refractivity (Wildman–Crippen MR) is 77.8 cm³/mol. The van der Waals surface area contributed by atoms with Crippen molar-refractivity contribution in [2.45, 2.75) is 45.1 Å². The number of hydrogen-bond donors (Lipinski definition) is 1. The summed E-state index contributed by atoms with van der Waals surface area (Å²) in [5.74, 6) is 0.684. The summed E-state index contributed by atoms with van der Waals surface area (Å²) in [6.07, 6.45) is 6.07. The first kappa shape index (κ1) is 12.8. The van der Waals surface area contributed by atoms with Crippen LogP contribution in [-0.4, -0.2) is 22.1 Å². The van der Waals surface area contributed by atoms with Crippen LogP contribution in [0.2, 0.25) is 0 Å². The lowest BCUT2D eigenvalue weighted by Crippen LogP contribution is -2.42. The van der Waals surface area contributed by atoms with Crippen LogP contribution >= 0.6 is 11.3 Å². The molecule has 19 heavy (non-hydrogen) atoms. The minimum atomic E-state index is -0.170. The van der Waals surface area contributed by atoms with Gasteiger partial charge >= 0.3 is 0 Å². The number of ether oxygens (including phenoxy) is 1. The van der Waals surface area contributed by atoms with E-state index >= 15 is 0 Å². The van der Waals surface area contributed by atoms with Gasteiger partial charge in [0, 0.05) is 4.88 Å². The largest absolute Gasteiger partial charge is 0.475 e. The normalized spacial score (nSPS) is 18.1. The number of nitrogens with zero attached hydrogens (tertiary/aromatic N) is 2. The van der Waals surface area contributed by atoms with Crippen LogP contribution in [0.4, 0.5) is 0 Å². The van der Waals surface area contributed by atoms with Gasteiger partial charge in [0.15, 0.2) is 0 Å². The highest BCUT2D eigenvalue weighted by Crippen LogP contribution is 2.34. The standard InChI is InChI=1S/C14H19N3OS/c1-9-10(2)19-13-11(9)12(16-8-17-13)18-7-14(15)5-3-4-6-14/h8H,3-7,15H2,1-2H3. The number of nitrogens with two attached hydrogens (primary N) is 1. The molecule has 2 heterocycles. The van der Waals surface area contributed by atoms with E-state index in [4.69, 9.17) is 10.5 Å². The molecule has 1 saturated carbocycles. The number of aryl methyl sites for hydroxylation is 2. The second-order valence-corrected chi connectivity index (χ2v) is 6.70. The molecule has 4 nitrogen and oxygen atoms in total. The highest BCUT2D eigenvalue weighted by Gasteiger charge is 2.30. The second-order valence-electron chi connectivity index (χ2n) is 5.50. The number of fused-ring (bicyclic) bond motifs is 1. The van der Waals surface area contributed by atoms with Crippen molar-refractivity contribution in [1.82, 2.24) is 9.97 Å². The highest BCUT2D eigenvalue weighted by molar-refractivity contribution is 7.18.